The highest BCUT2D eigenvalue weighted by atomic mass is 19.4. The van der Waals surface area contributed by atoms with Crippen LogP contribution in [0.3, 0.4) is 0 Å². The quantitative estimate of drug-likeness (QED) is 0.115. The van der Waals surface area contributed by atoms with Crippen LogP contribution < -0.4 is 0 Å². The molecular formula is C43H49F6N3O2. The predicted molar refractivity (Wildman–Crippen MR) is 198 cm³/mol. The zero-order valence-corrected chi connectivity index (χ0v) is 30.7. The van der Waals surface area contributed by atoms with E-state index in [0.717, 1.165) is 49.8 Å². The van der Waals surface area contributed by atoms with E-state index in [9.17, 15) is 35.9 Å². The van der Waals surface area contributed by atoms with Crippen molar-refractivity contribution >= 4 is 11.8 Å². The molecule has 0 saturated carbocycles. The fourth-order valence-electron chi connectivity index (χ4n) is 7.17. The van der Waals surface area contributed by atoms with Gasteiger partial charge in [0.15, 0.2) is 0 Å². The lowest BCUT2D eigenvalue weighted by molar-refractivity contribution is -0.146. The van der Waals surface area contributed by atoms with Gasteiger partial charge in [-0.15, -0.1) is 0 Å². The number of carbonyl (C=O) groups is 2. The summed E-state index contributed by atoms with van der Waals surface area (Å²) in [4.78, 5) is 34.4. The van der Waals surface area contributed by atoms with E-state index in [2.05, 4.69) is 36.1 Å². The third kappa shape index (κ3) is 11.8. The summed E-state index contributed by atoms with van der Waals surface area (Å²) in [6, 6.07) is 19.8. The molecule has 5 nitrogen and oxygen atoms in total. The third-order valence-corrected chi connectivity index (χ3v) is 10.3. The Hall–Kier alpha value is -4.38. The minimum absolute atomic E-state index is 0.0865. The summed E-state index contributed by atoms with van der Waals surface area (Å²) >= 11 is 0. The zero-order valence-electron chi connectivity index (χ0n) is 30.7. The molecule has 1 aliphatic heterocycles. The molecule has 0 bridgehead atoms. The molecule has 1 fully saturated rings. The Kier molecular flexibility index (Phi) is 14.2. The number of carbonyl (C=O) groups excluding carboxylic acids is 2. The van der Waals surface area contributed by atoms with Crippen LogP contribution >= 0.6 is 0 Å². The van der Waals surface area contributed by atoms with Gasteiger partial charge in [0.1, 0.15) is 6.04 Å². The van der Waals surface area contributed by atoms with Gasteiger partial charge < -0.3 is 9.80 Å². The number of rotatable bonds is 15. The first-order valence-electron chi connectivity index (χ1n) is 18.8. The number of benzene rings is 3. The van der Waals surface area contributed by atoms with Gasteiger partial charge in [-0.3, -0.25) is 14.5 Å². The zero-order chi connectivity index (χ0) is 38.7. The summed E-state index contributed by atoms with van der Waals surface area (Å²) in [6.45, 7) is 5.16. The Morgan fingerprint density at radius 1 is 0.796 bits per heavy atom. The first-order valence-corrected chi connectivity index (χ1v) is 18.8. The van der Waals surface area contributed by atoms with Crippen LogP contribution in [0.1, 0.15) is 73.3 Å². The van der Waals surface area contributed by atoms with Crippen LogP contribution in [0, 0.1) is 5.92 Å². The van der Waals surface area contributed by atoms with Gasteiger partial charge in [0.2, 0.25) is 11.8 Å². The number of halogens is 6. The third-order valence-electron chi connectivity index (χ3n) is 10.3. The molecular weight excluding hydrogens is 704 g/mol. The topological polar surface area (TPSA) is 43.9 Å². The van der Waals surface area contributed by atoms with Gasteiger partial charge in [0.25, 0.3) is 0 Å². The number of allylic oxidation sites excluding steroid dienone is 2. The Labute approximate surface area is 314 Å². The molecule has 2 atom stereocenters. The van der Waals surface area contributed by atoms with Gasteiger partial charge in [-0.05, 0) is 65.6 Å². The first kappa shape index (κ1) is 40.8. The minimum Gasteiger partial charge on any atom is -0.338 e. The predicted octanol–water partition coefficient (Wildman–Crippen LogP) is 9.52. The van der Waals surface area contributed by atoms with Crippen molar-refractivity contribution < 1.29 is 35.9 Å². The number of alkyl halides is 6. The van der Waals surface area contributed by atoms with Crippen molar-refractivity contribution in [3.05, 3.63) is 130 Å². The Morgan fingerprint density at radius 3 is 1.96 bits per heavy atom. The summed E-state index contributed by atoms with van der Waals surface area (Å²) in [5, 5.41) is 0. The number of unbranched alkanes of at least 4 members (excludes halogenated alkanes) is 2. The average molecular weight is 754 g/mol. The summed E-state index contributed by atoms with van der Waals surface area (Å²) in [5.41, 5.74) is -0.268. The molecule has 0 aromatic heterocycles. The van der Waals surface area contributed by atoms with Crippen molar-refractivity contribution in [2.24, 2.45) is 5.92 Å². The van der Waals surface area contributed by atoms with E-state index >= 15 is 0 Å². The molecule has 2 amide bonds. The number of piperazine rings is 1. The second-order valence-electron chi connectivity index (χ2n) is 14.4. The molecule has 0 spiro atoms. The number of amides is 2. The van der Waals surface area contributed by atoms with Crippen molar-refractivity contribution in [3.63, 3.8) is 0 Å². The lowest BCUT2D eigenvalue weighted by Gasteiger charge is -2.39. The van der Waals surface area contributed by atoms with Gasteiger partial charge >= 0.3 is 12.4 Å². The number of aryl methyl sites for hydroxylation is 1. The number of hydrogen-bond acceptors (Lipinski definition) is 3. The number of nitrogens with zero attached hydrogens (tertiary/aromatic N) is 3. The fraction of sp³-hybridized carbons (Fsp3) is 0.442. The van der Waals surface area contributed by atoms with E-state index in [1.54, 1.807) is 4.90 Å². The van der Waals surface area contributed by atoms with E-state index in [-0.39, 0.29) is 43.3 Å². The van der Waals surface area contributed by atoms with Gasteiger partial charge in [0.05, 0.1) is 11.1 Å². The molecule has 290 valence electrons. The highest BCUT2D eigenvalue weighted by Gasteiger charge is 2.38. The Morgan fingerprint density at radius 2 is 1.41 bits per heavy atom. The van der Waals surface area contributed by atoms with Crippen molar-refractivity contribution in [2.45, 2.75) is 83.2 Å². The molecule has 1 aliphatic carbocycles. The first-order chi connectivity index (χ1) is 25.8. The van der Waals surface area contributed by atoms with Gasteiger partial charge in [0, 0.05) is 52.1 Å². The lowest BCUT2D eigenvalue weighted by Crippen LogP contribution is -2.57. The van der Waals surface area contributed by atoms with Crippen molar-refractivity contribution in [1.82, 2.24) is 14.7 Å². The smallest absolute Gasteiger partial charge is 0.338 e. The van der Waals surface area contributed by atoms with Gasteiger partial charge in [-0.2, -0.15) is 26.3 Å². The average Bonchev–Trinajstić information content (AvgIpc) is 3.16. The summed E-state index contributed by atoms with van der Waals surface area (Å²) < 4.78 is 81.9. The molecule has 2 aliphatic rings. The molecule has 2 unspecified atom stereocenters. The maximum Gasteiger partial charge on any atom is 0.416 e. The molecule has 0 radical (unpaired) electrons. The maximum atomic E-state index is 14.6. The van der Waals surface area contributed by atoms with Crippen molar-refractivity contribution in [1.29, 1.82) is 0 Å². The van der Waals surface area contributed by atoms with E-state index in [1.165, 1.54) is 10.5 Å². The van der Waals surface area contributed by atoms with E-state index in [0.29, 0.717) is 44.2 Å². The van der Waals surface area contributed by atoms with Crippen LogP contribution in [0.5, 0.6) is 0 Å². The van der Waals surface area contributed by atoms with Crippen LogP contribution in [0.25, 0.3) is 0 Å². The van der Waals surface area contributed by atoms with E-state index < -0.39 is 35.4 Å². The maximum absolute atomic E-state index is 14.6. The van der Waals surface area contributed by atoms with Gasteiger partial charge in [-0.25, -0.2) is 0 Å². The Bertz CT molecular complexity index is 1700. The van der Waals surface area contributed by atoms with Crippen LogP contribution in [0.15, 0.2) is 103 Å². The molecule has 1 heterocycles. The van der Waals surface area contributed by atoms with Gasteiger partial charge in [-0.1, -0.05) is 105 Å². The van der Waals surface area contributed by atoms with Crippen molar-refractivity contribution in [3.8, 4) is 0 Å². The van der Waals surface area contributed by atoms with Crippen LogP contribution in [-0.2, 0) is 41.3 Å². The fourth-order valence-corrected chi connectivity index (χ4v) is 7.17. The molecule has 1 saturated heterocycles. The Balaban J connectivity index is 1.41. The second kappa shape index (κ2) is 18.8. The summed E-state index contributed by atoms with van der Waals surface area (Å²) in [6.07, 6.45) is 0.842. The lowest BCUT2D eigenvalue weighted by atomic mass is 9.91. The number of hydrogen-bond donors (Lipinski definition) is 0. The molecule has 3 aromatic rings. The molecule has 3 aromatic carbocycles. The standard InChI is InChI=1S/C43H49F6N3O2/c1-2-3-6-11-32-16-18-35(19-17-32)31-52(40(53)21-20-36-26-37(42(44,45)46)29-38(27-36)43(47,48)49)39(28-33-12-7-4-8-13-33)41(54)51-24-22-50(23-25-51)30-34-14-9-5-10-15-34/h4-5,7-10,12-16,18-19,26-27,29,32,39H,2-3,6,11,17,20-25,28,30-31H2,1H3. The summed E-state index contributed by atoms with van der Waals surface area (Å²) in [7, 11) is 0. The monoisotopic (exact) mass is 753 g/mol. The highest BCUT2D eigenvalue weighted by Crippen LogP contribution is 2.37. The minimum atomic E-state index is -5.00. The van der Waals surface area contributed by atoms with Crippen LogP contribution in [-0.4, -0.2) is 65.3 Å². The molecule has 54 heavy (non-hydrogen) atoms. The normalized spacial score (nSPS) is 17.3. The molecule has 0 N–H and O–H groups in total. The molecule has 11 heteroatoms. The molecule has 5 rings (SSSR count). The summed E-state index contributed by atoms with van der Waals surface area (Å²) in [5.74, 6) is -0.387. The van der Waals surface area contributed by atoms with Crippen molar-refractivity contribution in [2.75, 3.05) is 32.7 Å². The van der Waals surface area contributed by atoms with Crippen LogP contribution in [0.4, 0.5) is 26.3 Å². The largest absolute Gasteiger partial charge is 0.416 e. The second-order valence-corrected chi connectivity index (χ2v) is 14.4. The van der Waals surface area contributed by atoms with E-state index in [4.69, 9.17) is 0 Å². The van der Waals surface area contributed by atoms with E-state index in [1.807, 2.05) is 54.6 Å². The van der Waals surface area contributed by atoms with Crippen LogP contribution in [0.2, 0.25) is 0 Å². The SMILES string of the molecule is CCCCCC1C=CC(CN(C(=O)CCc2cc(C(F)(F)F)cc(C(F)(F)F)c2)C(Cc2ccccc2)C(=O)N2CCN(Cc3ccccc3)CC2)=CC1. The highest BCUT2D eigenvalue weighted by molar-refractivity contribution is 5.88.